The summed E-state index contributed by atoms with van der Waals surface area (Å²) in [6, 6.07) is 18.4. The molecule has 0 radical (unpaired) electrons. The molecule has 38 heavy (non-hydrogen) atoms. The molecule has 0 spiro atoms. The van der Waals surface area contributed by atoms with E-state index in [1.165, 1.54) is 6.07 Å². The number of carbonyl (C=O) groups is 2. The van der Waals surface area contributed by atoms with E-state index in [4.69, 9.17) is 11.6 Å². The van der Waals surface area contributed by atoms with Gasteiger partial charge >= 0.3 is 0 Å². The van der Waals surface area contributed by atoms with Crippen molar-refractivity contribution < 1.29 is 14.0 Å². The van der Waals surface area contributed by atoms with Crippen LogP contribution in [0.15, 0.2) is 79.4 Å². The maximum atomic E-state index is 14.1. The van der Waals surface area contributed by atoms with Crippen LogP contribution in [0.3, 0.4) is 0 Å². The molecule has 5 nitrogen and oxygen atoms in total. The van der Waals surface area contributed by atoms with Gasteiger partial charge in [0.25, 0.3) is 11.8 Å². The molecule has 0 aromatic heterocycles. The molecule has 3 aromatic carbocycles. The van der Waals surface area contributed by atoms with Crippen molar-refractivity contribution in [2.24, 2.45) is 0 Å². The van der Waals surface area contributed by atoms with Crippen LogP contribution in [-0.4, -0.2) is 42.4 Å². The average molecular weight is 534 g/mol. The Bertz CT molecular complexity index is 1330. The zero-order valence-electron chi connectivity index (χ0n) is 21.8. The maximum Gasteiger partial charge on any atom is 0.258 e. The maximum absolute atomic E-state index is 14.1. The first-order chi connectivity index (χ1) is 18.2. The van der Waals surface area contributed by atoms with Crippen LogP contribution in [0.5, 0.6) is 0 Å². The minimum Gasteiger partial charge on any atom is -0.322 e. The summed E-state index contributed by atoms with van der Waals surface area (Å²) >= 11 is 6.15. The standard InChI is InChI=1S/C31H33ClFN3O2/c1-4-19-35(3)20-18-31(2)17-7-8-23-21-24(33)13-16-28(23)36(31)30(38)22-11-14-25(15-12-22)34-29(37)26-9-5-6-10-27(26)32/h4-6,9-16,21H,1,7-8,17-20H2,2-3H3,(H,34,37). The van der Waals surface area contributed by atoms with Crippen LogP contribution in [0.25, 0.3) is 0 Å². The molecule has 0 fully saturated rings. The van der Waals surface area contributed by atoms with Crippen molar-refractivity contribution in [1.29, 1.82) is 0 Å². The molecule has 1 aliphatic rings. The van der Waals surface area contributed by atoms with Gasteiger partial charge in [-0.3, -0.25) is 9.59 Å². The Balaban J connectivity index is 1.62. The predicted molar refractivity (Wildman–Crippen MR) is 153 cm³/mol. The fraction of sp³-hybridized carbons (Fsp3) is 0.290. The van der Waals surface area contributed by atoms with E-state index in [-0.39, 0.29) is 17.6 Å². The fourth-order valence-corrected chi connectivity index (χ4v) is 5.26. The van der Waals surface area contributed by atoms with E-state index in [0.717, 1.165) is 43.6 Å². The zero-order valence-corrected chi connectivity index (χ0v) is 22.6. The SMILES string of the molecule is C=CCN(C)CCC1(C)CCCc2cc(F)ccc2N1C(=O)c1ccc(NC(=O)c2ccccc2Cl)cc1. The van der Waals surface area contributed by atoms with E-state index in [2.05, 4.69) is 23.7 Å². The van der Waals surface area contributed by atoms with Crippen LogP contribution < -0.4 is 10.2 Å². The van der Waals surface area contributed by atoms with Gasteiger partial charge in [0.1, 0.15) is 5.82 Å². The van der Waals surface area contributed by atoms with Crippen molar-refractivity contribution in [2.75, 3.05) is 30.4 Å². The van der Waals surface area contributed by atoms with Gasteiger partial charge in [-0.05, 0) is 99.8 Å². The van der Waals surface area contributed by atoms with Gasteiger partial charge in [-0.25, -0.2) is 4.39 Å². The number of carbonyl (C=O) groups excluding carboxylic acids is 2. The van der Waals surface area contributed by atoms with Gasteiger partial charge in [-0.2, -0.15) is 0 Å². The molecule has 2 amide bonds. The number of nitrogens with zero attached hydrogens (tertiary/aromatic N) is 2. The van der Waals surface area contributed by atoms with E-state index >= 15 is 0 Å². The summed E-state index contributed by atoms with van der Waals surface area (Å²) < 4.78 is 14.1. The number of rotatable bonds is 8. The molecule has 1 aliphatic heterocycles. The number of aryl methyl sites for hydroxylation is 1. The van der Waals surface area contributed by atoms with Crippen LogP contribution in [0.1, 0.15) is 52.5 Å². The van der Waals surface area contributed by atoms with E-state index in [0.29, 0.717) is 28.3 Å². The summed E-state index contributed by atoms with van der Waals surface area (Å²) in [6.07, 6.45) is 4.98. The van der Waals surface area contributed by atoms with Gasteiger partial charge < -0.3 is 15.1 Å². The molecule has 7 heteroatoms. The number of nitrogens with one attached hydrogen (secondary N) is 1. The molecule has 1 unspecified atom stereocenters. The van der Waals surface area contributed by atoms with E-state index < -0.39 is 5.54 Å². The summed E-state index contributed by atoms with van der Waals surface area (Å²) in [5, 5.41) is 3.20. The van der Waals surface area contributed by atoms with Crippen LogP contribution in [0.2, 0.25) is 5.02 Å². The van der Waals surface area contributed by atoms with Gasteiger partial charge in [-0.15, -0.1) is 6.58 Å². The minimum atomic E-state index is -0.466. The lowest BCUT2D eigenvalue weighted by atomic mass is 9.89. The third-order valence-corrected chi connectivity index (χ3v) is 7.50. The largest absolute Gasteiger partial charge is 0.322 e. The van der Waals surface area contributed by atoms with E-state index in [9.17, 15) is 14.0 Å². The van der Waals surface area contributed by atoms with Crippen LogP contribution >= 0.6 is 11.6 Å². The number of hydrogen-bond acceptors (Lipinski definition) is 3. The quantitative estimate of drug-likeness (QED) is 0.318. The molecule has 0 bridgehead atoms. The molecule has 4 rings (SSSR count). The fourth-order valence-electron chi connectivity index (χ4n) is 5.04. The second kappa shape index (κ2) is 11.9. The van der Waals surface area contributed by atoms with Gasteiger partial charge in [-0.1, -0.05) is 29.8 Å². The first kappa shape index (κ1) is 27.6. The molecule has 198 valence electrons. The summed E-state index contributed by atoms with van der Waals surface area (Å²) in [7, 11) is 2.03. The van der Waals surface area contributed by atoms with Gasteiger partial charge in [0.15, 0.2) is 0 Å². The smallest absolute Gasteiger partial charge is 0.258 e. The second-order valence-electron chi connectivity index (χ2n) is 10.1. The molecule has 1 atom stereocenters. The highest BCUT2D eigenvalue weighted by Crippen LogP contribution is 2.39. The van der Waals surface area contributed by atoms with Crippen molar-refractivity contribution in [3.8, 4) is 0 Å². The van der Waals surface area contributed by atoms with Crippen LogP contribution in [0, 0.1) is 5.82 Å². The Kier molecular flexibility index (Phi) is 8.65. The Morgan fingerprint density at radius 3 is 2.61 bits per heavy atom. The third-order valence-electron chi connectivity index (χ3n) is 7.17. The third kappa shape index (κ3) is 6.14. The van der Waals surface area contributed by atoms with Crippen LogP contribution in [0.4, 0.5) is 15.8 Å². The number of halogens is 2. The number of fused-ring (bicyclic) bond motifs is 1. The molecular weight excluding hydrogens is 501 g/mol. The Labute approximate surface area is 228 Å². The summed E-state index contributed by atoms with van der Waals surface area (Å²) in [5.41, 5.74) is 2.54. The second-order valence-corrected chi connectivity index (χ2v) is 10.5. The number of hydrogen-bond donors (Lipinski definition) is 1. The zero-order chi connectivity index (χ0) is 27.3. The van der Waals surface area contributed by atoms with Crippen molar-refractivity contribution in [1.82, 2.24) is 4.90 Å². The van der Waals surface area contributed by atoms with Crippen molar-refractivity contribution in [2.45, 2.75) is 38.1 Å². The topological polar surface area (TPSA) is 52.6 Å². The minimum absolute atomic E-state index is 0.155. The lowest BCUT2D eigenvalue weighted by Gasteiger charge is -2.42. The van der Waals surface area contributed by atoms with Gasteiger partial charge in [0.05, 0.1) is 10.6 Å². The van der Waals surface area contributed by atoms with Crippen molar-refractivity contribution in [3.05, 3.63) is 107 Å². The van der Waals surface area contributed by atoms with Crippen molar-refractivity contribution in [3.63, 3.8) is 0 Å². The van der Waals surface area contributed by atoms with Crippen molar-refractivity contribution >= 4 is 34.8 Å². The molecule has 0 saturated heterocycles. The average Bonchev–Trinajstić information content (AvgIpc) is 3.03. The Morgan fingerprint density at radius 1 is 1.16 bits per heavy atom. The first-order valence-electron chi connectivity index (χ1n) is 12.8. The summed E-state index contributed by atoms with van der Waals surface area (Å²) in [4.78, 5) is 30.8. The normalized spacial score (nSPS) is 17.0. The molecular formula is C31H33ClFN3O2. The number of anilines is 2. The molecule has 0 saturated carbocycles. The lowest BCUT2D eigenvalue weighted by Crippen LogP contribution is -2.51. The van der Waals surface area contributed by atoms with Crippen LogP contribution in [-0.2, 0) is 6.42 Å². The molecule has 1 N–H and O–H groups in total. The Hall–Kier alpha value is -3.48. The van der Waals surface area contributed by atoms with E-state index in [1.54, 1.807) is 60.7 Å². The highest BCUT2D eigenvalue weighted by molar-refractivity contribution is 6.34. The highest BCUT2D eigenvalue weighted by atomic mass is 35.5. The predicted octanol–water partition coefficient (Wildman–Crippen LogP) is 6.98. The molecule has 3 aromatic rings. The number of likely N-dealkylation sites (N-methyl/N-ethyl adjacent to an activating group) is 1. The van der Waals surface area contributed by atoms with Gasteiger partial charge in [0, 0.05) is 35.6 Å². The number of amides is 2. The highest BCUT2D eigenvalue weighted by Gasteiger charge is 2.39. The first-order valence-corrected chi connectivity index (χ1v) is 13.2. The summed E-state index contributed by atoms with van der Waals surface area (Å²) in [5.74, 6) is -0.781. The monoisotopic (exact) mass is 533 g/mol. The molecule has 0 aliphatic carbocycles. The lowest BCUT2D eigenvalue weighted by molar-refractivity contribution is 0.0948. The van der Waals surface area contributed by atoms with E-state index in [1.807, 2.05) is 18.0 Å². The Morgan fingerprint density at radius 2 is 1.89 bits per heavy atom. The molecule has 1 heterocycles. The van der Waals surface area contributed by atoms with Gasteiger partial charge in [0.2, 0.25) is 0 Å². The number of benzene rings is 3. The summed E-state index contributed by atoms with van der Waals surface area (Å²) in [6.45, 7) is 7.48.